The van der Waals surface area contributed by atoms with Gasteiger partial charge in [0.25, 0.3) is 0 Å². The first-order valence-electron chi connectivity index (χ1n) is 8.43. The lowest BCUT2D eigenvalue weighted by Gasteiger charge is -2.32. The van der Waals surface area contributed by atoms with Gasteiger partial charge >= 0.3 is 5.97 Å². The molecule has 1 unspecified atom stereocenters. The van der Waals surface area contributed by atoms with E-state index >= 15 is 0 Å². The minimum atomic E-state index is -0.506. The van der Waals surface area contributed by atoms with E-state index in [4.69, 9.17) is 4.74 Å². The molecule has 0 bridgehead atoms. The second kappa shape index (κ2) is 7.58. The zero-order valence-corrected chi connectivity index (χ0v) is 16.0. The molecule has 3 rings (SSSR count). The average Bonchev–Trinajstić information content (AvgIpc) is 2.94. The lowest BCUT2D eigenvalue weighted by atomic mass is 10.0. The summed E-state index contributed by atoms with van der Waals surface area (Å²) in [6, 6.07) is 6.00. The van der Waals surface area contributed by atoms with E-state index in [0.717, 1.165) is 34.8 Å². The number of carbonyl (C=O) groups excluding carboxylic acids is 2. The maximum absolute atomic E-state index is 12.6. The minimum Gasteiger partial charge on any atom is -0.464 e. The third kappa shape index (κ3) is 3.88. The van der Waals surface area contributed by atoms with Crippen molar-refractivity contribution in [3.63, 3.8) is 0 Å². The number of hydrogen-bond donors (Lipinski definition) is 2. The highest BCUT2D eigenvalue weighted by molar-refractivity contribution is 9.10. The summed E-state index contributed by atoms with van der Waals surface area (Å²) in [6.07, 6.45) is 3.44. The van der Waals surface area contributed by atoms with Gasteiger partial charge in [0, 0.05) is 21.4 Å². The molecule has 0 radical (unpaired) electrons. The van der Waals surface area contributed by atoms with Crippen LogP contribution in [-0.4, -0.2) is 48.0 Å². The number of benzene rings is 1. The molecule has 1 amide bonds. The molecule has 0 saturated carbocycles. The van der Waals surface area contributed by atoms with Gasteiger partial charge in [-0.1, -0.05) is 22.4 Å². The Morgan fingerprint density at radius 1 is 1.40 bits per heavy atom. The first-order chi connectivity index (χ1) is 12.0. The number of aromatic amines is 1. The molecule has 2 aromatic rings. The van der Waals surface area contributed by atoms with Crippen molar-refractivity contribution in [3.05, 3.63) is 28.4 Å². The Morgan fingerprint density at radius 2 is 2.20 bits per heavy atom. The maximum atomic E-state index is 12.6. The van der Waals surface area contributed by atoms with Crippen LogP contribution in [0.25, 0.3) is 10.9 Å². The van der Waals surface area contributed by atoms with Crippen molar-refractivity contribution < 1.29 is 14.3 Å². The van der Waals surface area contributed by atoms with Gasteiger partial charge < -0.3 is 15.0 Å². The van der Waals surface area contributed by atoms with Crippen LogP contribution in [0.5, 0.6) is 0 Å². The zero-order valence-electron chi connectivity index (χ0n) is 14.4. The second-order valence-corrected chi connectivity index (χ2v) is 7.34. The maximum Gasteiger partial charge on any atom is 0.356 e. The second-order valence-electron chi connectivity index (χ2n) is 6.42. The van der Waals surface area contributed by atoms with E-state index < -0.39 is 5.97 Å². The fourth-order valence-corrected chi connectivity index (χ4v) is 3.67. The van der Waals surface area contributed by atoms with Crippen LogP contribution in [0.2, 0.25) is 0 Å². The molecular formula is C18H22BrN3O3. The van der Waals surface area contributed by atoms with Crippen LogP contribution < -0.4 is 5.32 Å². The number of methoxy groups -OCH3 is 1. The number of ether oxygens (including phenoxy) is 1. The quantitative estimate of drug-likeness (QED) is 0.760. The molecule has 1 aromatic carbocycles. The number of anilines is 1. The highest BCUT2D eigenvalue weighted by Gasteiger charge is 2.24. The molecular weight excluding hydrogens is 386 g/mol. The number of nitrogens with one attached hydrogen (secondary N) is 2. The van der Waals surface area contributed by atoms with Crippen molar-refractivity contribution in [2.75, 3.05) is 25.5 Å². The van der Waals surface area contributed by atoms with Gasteiger partial charge in [0.1, 0.15) is 5.69 Å². The van der Waals surface area contributed by atoms with Crippen molar-refractivity contribution in [2.24, 2.45) is 0 Å². The van der Waals surface area contributed by atoms with Gasteiger partial charge in [-0.15, -0.1) is 0 Å². The number of carbonyl (C=O) groups is 2. The largest absolute Gasteiger partial charge is 0.464 e. The van der Waals surface area contributed by atoms with Gasteiger partial charge in [-0.2, -0.15) is 0 Å². The number of fused-ring (bicyclic) bond motifs is 1. The summed E-state index contributed by atoms with van der Waals surface area (Å²) in [7, 11) is 1.32. The smallest absolute Gasteiger partial charge is 0.356 e. The van der Waals surface area contributed by atoms with E-state index in [0.29, 0.717) is 18.3 Å². The van der Waals surface area contributed by atoms with E-state index in [1.165, 1.54) is 13.5 Å². The number of piperidine rings is 1. The molecule has 7 heteroatoms. The Balaban J connectivity index is 1.87. The summed E-state index contributed by atoms with van der Waals surface area (Å²) in [5.74, 6) is -0.631. The van der Waals surface area contributed by atoms with E-state index in [1.54, 1.807) is 0 Å². The van der Waals surface area contributed by atoms with E-state index in [1.807, 2.05) is 18.2 Å². The van der Waals surface area contributed by atoms with Crippen LogP contribution >= 0.6 is 15.9 Å². The Bertz CT molecular complexity index is 802. The van der Waals surface area contributed by atoms with E-state index in [9.17, 15) is 9.59 Å². The number of H-pyrrole nitrogens is 1. The molecule has 6 nitrogen and oxygen atoms in total. The summed E-state index contributed by atoms with van der Waals surface area (Å²) < 4.78 is 5.71. The number of likely N-dealkylation sites (tertiary alicyclic amines) is 1. The van der Waals surface area contributed by atoms with Gasteiger partial charge in [-0.3, -0.25) is 9.69 Å². The number of esters is 1. The Kier molecular flexibility index (Phi) is 5.44. The lowest BCUT2D eigenvalue weighted by Crippen LogP contribution is -2.42. The van der Waals surface area contributed by atoms with Gasteiger partial charge in [0.2, 0.25) is 5.91 Å². The zero-order chi connectivity index (χ0) is 18.0. The number of halogens is 1. The predicted octanol–water partition coefficient (Wildman–Crippen LogP) is 3.53. The van der Waals surface area contributed by atoms with E-state index in [-0.39, 0.29) is 11.6 Å². The Hall–Kier alpha value is -1.86. The van der Waals surface area contributed by atoms with Crippen LogP contribution in [0.3, 0.4) is 0 Å². The number of aromatic nitrogens is 1. The SMILES string of the molecule is COC(=O)c1[nH]c2ccc(Br)cc2c1NC(=O)CN1CCCCC1C. The number of amides is 1. The number of nitrogens with zero attached hydrogens (tertiary/aromatic N) is 1. The number of rotatable bonds is 4. The van der Waals surface area contributed by atoms with Crippen LogP contribution in [0.15, 0.2) is 22.7 Å². The molecule has 0 aliphatic carbocycles. The summed E-state index contributed by atoms with van der Waals surface area (Å²) in [6.45, 7) is 3.40. The molecule has 1 aliphatic rings. The molecule has 1 saturated heterocycles. The van der Waals surface area contributed by atoms with Crippen molar-refractivity contribution in [1.29, 1.82) is 0 Å². The predicted molar refractivity (Wildman–Crippen MR) is 101 cm³/mol. The van der Waals surface area contributed by atoms with Crippen LogP contribution in [0, 0.1) is 0 Å². The van der Waals surface area contributed by atoms with Crippen LogP contribution in [0.1, 0.15) is 36.7 Å². The fraction of sp³-hybridized carbons (Fsp3) is 0.444. The summed E-state index contributed by atoms with van der Waals surface area (Å²) in [5.41, 5.74) is 1.50. The monoisotopic (exact) mass is 407 g/mol. The topological polar surface area (TPSA) is 74.4 Å². The molecule has 0 spiro atoms. The molecule has 1 aromatic heterocycles. The third-order valence-electron chi connectivity index (χ3n) is 4.70. The summed E-state index contributed by atoms with van der Waals surface area (Å²) in [4.78, 5) is 29.9. The Morgan fingerprint density at radius 3 is 2.92 bits per heavy atom. The standard InChI is InChI=1S/C18H22BrN3O3/c1-11-5-3-4-8-22(11)10-15(23)21-16-13-9-12(19)6-7-14(13)20-17(16)18(24)25-2/h6-7,9,11,20H,3-5,8,10H2,1-2H3,(H,21,23). The molecule has 2 heterocycles. The molecule has 134 valence electrons. The average molecular weight is 408 g/mol. The van der Waals surface area contributed by atoms with Gasteiger partial charge in [-0.25, -0.2) is 4.79 Å². The van der Waals surface area contributed by atoms with Gasteiger partial charge in [0.05, 0.1) is 19.3 Å². The molecule has 25 heavy (non-hydrogen) atoms. The minimum absolute atomic E-state index is 0.125. The fourth-order valence-electron chi connectivity index (χ4n) is 3.31. The van der Waals surface area contributed by atoms with Crippen molar-refractivity contribution in [2.45, 2.75) is 32.2 Å². The molecule has 2 N–H and O–H groups in total. The van der Waals surface area contributed by atoms with Crippen LogP contribution in [0.4, 0.5) is 5.69 Å². The normalized spacial score (nSPS) is 18.3. The molecule has 1 aliphatic heterocycles. The summed E-state index contributed by atoms with van der Waals surface area (Å²) in [5, 5.41) is 3.68. The van der Waals surface area contributed by atoms with Gasteiger partial charge in [0.15, 0.2) is 0 Å². The number of hydrogen-bond acceptors (Lipinski definition) is 4. The first-order valence-corrected chi connectivity index (χ1v) is 9.22. The van der Waals surface area contributed by atoms with Gasteiger partial charge in [-0.05, 0) is 44.5 Å². The van der Waals surface area contributed by atoms with E-state index in [2.05, 4.69) is 38.1 Å². The third-order valence-corrected chi connectivity index (χ3v) is 5.20. The van der Waals surface area contributed by atoms with Crippen molar-refractivity contribution >= 4 is 44.4 Å². The first kappa shape index (κ1) is 17.9. The van der Waals surface area contributed by atoms with Crippen LogP contribution in [-0.2, 0) is 9.53 Å². The highest BCUT2D eigenvalue weighted by atomic mass is 79.9. The Labute approximate surface area is 155 Å². The summed E-state index contributed by atoms with van der Waals surface area (Å²) >= 11 is 3.43. The molecule has 1 fully saturated rings. The highest BCUT2D eigenvalue weighted by Crippen LogP contribution is 2.31. The molecule has 1 atom stereocenters. The van der Waals surface area contributed by atoms with Crippen molar-refractivity contribution in [3.8, 4) is 0 Å². The van der Waals surface area contributed by atoms with Crippen molar-refractivity contribution in [1.82, 2.24) is 9.88 Å². The lowest BCUT2D eigenvalue weighted by molar-refractivity contribution is -0.118.